The van der Waals surface area contributed by atoms with Gasteiger partial charge >= 0.3 is 0 Å². The highest BCUT2D eigenvalue weighted by Gasteiger charge is 2.25. The van der Waals surface area contributed by atoms with E-state index in [0.29, 0.717) is 0 Å². The molecule has 0 aliphatic carbocycles. The molecule has 3 heteroatoms. The molecule has 0 fully saturated rings. The molecule has 0 amide bonds. The van der Waals surface area contributed by atoms with Crippen LogP contribution in [-0.4, -0.2) is 31.4 Å². The van der Waals surface area contributed by atoms with Crippen molar-refractivity contribution in [2.75, 3.05) is 25.7 Å². The lowest BCUT2D eigenvalue weighted by Gasteiger charge is -2.39. The van der Waals surface area contributed by atoms with Crippen molar-refractivity contribution in [3.05, 3.63) is 22.8 Å². The van der Waals surface area contributed by atoms with Crippen molar-refractivity contribution in [2.24, 2.45) is 0 Å². The Balaban J connectivity index is 3.29. The van der Waals surface area contributed by atoms with Gasteiger partial charge in [0.1, 0.15) is 5.75 Å². The molecule has 0 aliphatic heterocycles. The van der Waals surface area contributed by atoms with E-state index in [9.17, 15) is 5.11 Å². The number of aliphatic hydroxyl groups is 1. The number of benzene rings is 1. The molecule has 0 bridgehead atoms. The van der Waals surface area contributed by atoms with Crippen LogP contribution in [0.4, 0.5) is 5.69 Å². The van der Waals surface area contributed by atoms with Crippen molar-refractivity contribution in [1.82, 2.24) is 0 Å². The molecule has 108 valence electrons. The van der Waals surface area contributed by atoms with Gasteiger partial charge in [-0.3, -0.25) is 0 Å². The van der Waals surface area contributed by atoms with Gasteiger partial charge in [-0.05, 0) is 63.8 Å². The number of hydrogen-bond donors (Lipinski definition) is 1. The van der Waals surface area contributed by atoms with E-state index < -0.39 is 0 Å². The number of hydrogen-bond acceptors (Lipinski definition) is 3. The minimum atomic E-state index is -0.0764. The average Bonchev–Trinajstić information content (AvgIpc) is 2.33. The van der Waals surface area contributed by atoms with Gasteiger partial charge in [0.25, 0.3) is 0 Å². The highest BCUT2D eigenvalue weighted by Crippen LogP contribution is 2.36. The lowest BCUT2D eigenvalue weighted by molar-refractivity contribution is 0.250. The molecule has 0 spiro atoms. The molecule has 19 heavy (non-hydrogen) atoms. The largest absolute Gasteiger partial charge is 0.496 e. The second-order valence-corrected chi connectivity index (χ2v) is 5.84. The van der Waals surface area contributed by atoms with Gasteiger partial charge in [0.05, 0.1) is 7.11 Å². The highest BCUT2D eigenvalue weighted by molar-refractivity contribution is 5.63. The van der Waals surface area contributed by atoms with Crippen LogP contribution in [0, 0.1) is 20.8 Å². The van der Waals surface area contributed by atoms with Crippen LogP contribution in [0.25, 0.3) is 0 Å². The monoisotopic (exact) mass is 265 g/mol. The molecular weight excluding hydrogens is 238 g/mol. The second kappa shape index (κ2) is 5.83. The van der Waals surface area contributed by atoms with E-state index in [-0.39, 0.29) is 12.1 Å². The summed E-state index contributed by atoms with van der Waals surface area (Å²) in [6, 6.07) is 2.17. The van der Waals surface area contributed by atoms with Gasteiger partial charge in [0.15, 0.2) is 0 Å². The summed E-state index contributed by atoms with van der Waals surface area (Å²) in [5.41, 5.74) is 4.69. The Morgan fingerprint density at radius 3 is 2.26 bits per heavy atom. The maximum atomic E-state index is 9.21. The van der Waals surface area contributed by atoms with Gasteiger partial charge in [-0.15, -0.1) is 0 Å². The van der Waals surface area contributed by atoms with Crippen LogP contribution in [0.3, 0.4) is 0 Å². The van der Waals surface area contributed by atoms with Gasteiger partial charge in [0.2, 0.25) is 0 Å². The number of rotatable bonds is 5. The summed E-state index contributed by atoms with van der Waals surface area (Å²) in [5.74, 6) is 0.967. The molecule has 0 unspecified atom stereocenters. The van der Waals surface area contributed by atoms with Crippen LogP contribution >= 0.6 is 0 Å². The Labute approximate surface area is 117 Å². The van der Waals surface area contributed by atoms with Crippen LogP contribution in [0.15, 0.2) is 6.07 Å². The van der Waals surface area contributed by atoms with E-state index in [2.05, 4.69) is 52.6 Å². The third-order valence-corrected chi connectivity index (χ3v) is 4.20. The average molecular weight is 265 g/mol. The first kappa shape index (κ1) is 15.8. The van der Waals surface area contributed by atoms with Crippen LogP contribution < -0.4 is 9.64 Å². The number of aryl methyl sites for hydroxylation is 1. The van der Waals surface area contributed by atoms with Crippen molar-refractivity contribution >= 4 is 5.69 Å². The number of aliphatic hydroxyl groups excluding tert-OH is 1. The molecule has 1 aromatic rings. The predicted molar refractivity (Wildman–Crippen MR) is 81.4 cm³/mol. The molecule has 3 nitrogen and oxygen atoms in total. The number of methoxy groups -OCH3 is 1. The van der Waals surface area contributed by atoms with Crippen LogP contribution in [0.5, 0.6) is 5.75 Å². The fourth-order valence-electron chi connectivity index (χ4n) is 2.47. The summed E-state index contributed by atoms with van der Waals surface area (Å²) in [7, 11) is 3.80. The van der Waals surface area contributed by atoms with Crippen molar-refractivity contribution < 1.29 is 9.84 Å². The fraction of sp³-hybridized carbons (Fsp3) is 0.625. The number of nitrogens with zero attached hydrogens (tertiary/aromatic N) is 1. The molecule has 1 aromatic carbocycles. The Morgan fingerprint density at radius 2 is 1.79 bits per heavy atom. The second-order valence-electron chi connectivity index (χ2n) is 5.84. The standard InChI is InChI=1S/C16H27NO2/c1-11-10-14(12(2)13(3)15(11)19-7)17(6)16(4,5)8-9-18/h10,18H,8-9H2,1-7H3. The third kappa shape index (κ3) is 3.03. The maximum absolute atomic E-state index is 9.21. The van der Waals surface area contributed by atoms with E-state index in [1.54, 1.807) is 7.11 Å². The summed E-state index contributed by atoms with van der Waals surface area (Å²) >= 11 is 0. The van der Waals surface area contributed by atoms with Gasteiger partial charge in [-0.1, -0.05) is 0 Å². The molecule has 0 aliphatic rings. The lowest BCUT2D eigenvalue weighted by Crippen LogP contribution is -2.42. The molecule has 0 atom stereocenters. The Bertz CT molecular complexity index is 453. The summed E-state index contributed by atoms with van der Waals surface area (Å²) in [6.07, 6.45) is 0.743. The van der Waals surface area contributed by atoms with E-state index in [1.165, 1.54) is 16.8 Å². The molecule has 0 aromatic heterocycles. The minimum Gasteiger partial charge on any atom is -0.496 e. The predicted octanol–water partition coefficient (Wildman–Crippen LogP) is 3.22. The SMILES string of the molecule is COc1c(C)cc(N(C)C(C)(C)CCO)c(C)c1C. The Hall–Kier alpha value is -1.22. The van der Waals surface area contributed by atoms with Crippen molar-refractivity contribution in [3.63, 3.8) is 0 Å². The van der Waals surface area contributed by atoms with E-state index >= 15 is 0 Å². The number of ether oxygens (including phenoxy) is 1. The zero-order chi connectivity index (χ0) is 14.8. The Kier molecular flexibility index (Phi) is 4.86. The van der Waals surface area contributed by atoms with Gasteiger partial charge in [-0.25, -0.2) is 0 Å². The first-order chi connectivity index (χ1) is 8.76. The number of anilines is 1. The first-order valence-electron chi connectivity index (χ1n) is 6.75. The van der Waals surface area contributed by atoms with Gasteiger partial charge < -0.3 is 14.7 Å². The van der Waals surface area contributed by atoms with Gasteiger partial charge in [-0.2, -0.15) is 0 Å². The van der Waals surface area contributed by atoms with Crippen LogP contribution in [0.1, 0.15) is 37.0 Å². The minimum absolute atomic E-state index is 0.0764. The Morgan fingerprint density at radius 1 is 1.21 bits per heavy atom. The topological polar surface area (TPSA) is 32.7 Å². The quantitative estimate of drug-likeness (QED) is 0.887. The van der Waals surface area contributed by atoms with Crippen molar-refractivity contribution in [2.45, 2.75) is 46.6 Å². The van der Waals surface area contributed by atoms with Crippen molar-refractivity contribution in [1.29, 1.82) is 0 Å². The lowest BCUT2D eigenvalue weighted by atomic mass is 9.95. The summed E-state index contributed by atoms with van der Waals surface area (Å²) < 4.78 is 5.47. The molecular formula is C16H27NO2. The van der Waals surface area contributed by atoms with E-state index in [1.807, 2.05) is 0 Å². The summed E-state index contributed by atoms with van der Waals surface area (Å²) in [6.45, 7) is 10.8. The highest BCUT2D eigenvalue weighted by atomic mass is 16.5. The molecule has 1 N–H and O–H groups in total. The zero-order valence-electron chi connectivity index (χ0n) is 13.3. The molecule has 0 saturated heterocycles. The third-order valence-electron chi connectivity index (χ3n) is 4.20. The van der Waals surface area contributed by atoms with Crippen LogP contribution in [0.2, 0.25) is 0 Å². The normalized spacial score (nSPS) is 11.6. The smallest absolute Gasteiger partial charge is 0.125 e. The fourth-order valence-corrected chi connectivity index (χ4v) is 2.47. The van der Waals surface area contributed by atoms with Gasteiger partial charge in [0, 0.05) is 24.9 Å². The van der Waals surface area contributed by atoms with E-state index in [0.717, 1.165) is 17.7 Å². The molecule has 1 rings (SSSR count). The molecule has 0 radical (unpaired) electrons. The molecule has 0 saturated carbocycles. The first-order valence-corrected chi connectivity index (χ1v) is 6.75. The van der Waals surface area contributed by atoms with Crippen molar-refractivity contribution in [3.8, 4) is 5.75 Å². The summed E-state index contributed by atoms with van der Waals surface area (Å²) in [4.78, 5) is 2.25. The summed E-state index contributed by atoms with van der Waals surface area (Å²) in [5, 5.41) is 9.21. The van der Waals surface area contributed by atoms with Crippen LogP contribution in [-0.2, 0) is 0 Å². The maximum Gasteiger partial charge on any atom is 0.125 e. The zero-order valence-corrected chi connectivity index (χ0v) is 13.3. The van der Waals surface area contributed by atoms with E-state index in [4.69, 9.17) is 4.74 Å². The molecule has 0 heterocycles.